The monoisotopic (exact) mass is 411 g/mol. The Morgan fingerprint density at radius 1 is 0.897 bits per heavy atom. The first-order valence-corrected chi connectivity index (χ1v) is 11.2. The largest absolute Gasteiger partial charge is 0.465 e. The molecular formula is C23H41NO5. The van der Waals surface area contributed by atoms with Crippen molar-refractivity contribution in [1.29, 1.82) is 0 Å². The molecule has 1 aliphatic heterocycles. The highest BCUT2D eigenvalue weighted by molar-refractivity contribution is 6.01. The van der Waals surface area contributed by atoms with Gasteiger partial charge in [0.25, 0.3) is 0 Å². The van der Waals surface area contributed by atoms with Gasteiger partial charge in [-0.1, -0.05) is 6.42 Å². The normalized spacial score (nSPS) is 26.1. The van der Waals surface area contributed by atoms with Gasteiger partial charge in [-0.05, 0) is 87.5 Å². The third-order valence-electron chi connectivity index (χ3n) is 6.78. The van der Waals surface area contributed by atoms with Crippen molar-refractivity contribution >= 4 is 11.9 Å². The van der Waals surface area contributed by atoms with E-state index in [1.165, 1.54) is 0 Å². The van der Waals surface area contributed by atoms with E-state index in [4.69, 9.17) is 14.3 Å². The molecule has 0 aromatic rings. The van der Waals surface area contributed by atoms with Gasteiger partial charge in [-0.15, -0.1) is 0 Å². The highest BCUT2D eigenvalue weighted by Gasteiger charge is 2.63. The number of rotatable bonds is 7. The molecule has 168 valence electrons. The van der Waals surface area contributed by atoms with Crippen molar-refractivity contribution in [3.05, 3.63) is 0 Å². The van der Waals surface area contributed by atoms with E-state index in [0.29, 0.717) is 6.42 Å². The number of piperidine rings is 1. The second-order valence-electron chi connectivity index (χ2n) is 10.3. The van der Waals surface area contributed by atoms with Crippen LogP contribution in [-0.4, -0.2) is 46.9 Å². The minimum Gasteiger partial charge on any atom is -0.465 e. The van der Waals surface area contributed by atoms with Gasteiger partial charge in [0.15, 0.2) is 5.41 Å². The quantitative estimate of drug-likeness (QED) is 0.449. The van der Waals surface area contributed by atoms with Crippen LogP contribution in [0.1, 0.15) is 93.9 Å². The Kier molecular flexibility index (Phi) is 7.11. The molecular weight excluding hydrogens is 370 g/mol. The van der Waals surface area contributed by atoms with Crippen LogP contribution in [0.15, 0.2) is 0 Å². The summed E-state index contributed by atoms with van der Waals surface area (Å²) in [5, 5.41) is 2.11. The Morgan fingerprint density at radius 3 is 1.83 bits per heavy atom. The van der Waals surface area contributed by atoms with Crippen LogP contribution in [0.5, 0.6) is 0 Å². The molecule has 1 aliphatic carbocycles. The molecule has 0 amide bonds. The van der Waals surface area contributed by atoms with Crippen LogP contribution in [0, 0.1) is 11.3 Å². The minimum absolute atomic E-state index is 0.131. The molecule has 2 fully saturated rings. The van der Waals surface area contributed by atoms with E-state index in [9.17, 15) is 9.59 Å². The van der Waals surface area contributed by atoms with Gasteiger partial charge >= 0.3 is 11.9 Å². The summed E-state index contributed by atoms with van der Waals surface area (Å²) in [6.07, 6.45) is 5.16. The lowest BCUT2D eigenvalue weighted by Gasteiger charge is -2.55. The lowest BCUT2D eigenvalue weighted by molar-refractivity contribution is -0.343. The van der Waals surface area contributed by atoms with Gasteiger partial charge < -0.3 is 9.47 Å². The third-order valence-corrected chi connectivity index (χ3v) is 6.78. The molecule has 2 rings (SSSR count). The van der Waals surface area contributed by atoms with E-state index in [0.717, 1.165) is 32.1 Å². The van der Waals surface area contributed by atoms with Gasteiger partial charge in [0.05, 0.1) is 18.8 Å². The number of carbonyl (C=O) groups is 2. The Labute approximate surface area is 176 Å². The maximum absolute atomic E-state index is 13.1. The van der Waals surface area contributed by atoms with Crippen molar-refractivity contribution in [3.63, 3.8) is 0 Å². The highest BCUT2D eigenvalue weighted by Crippen LogP contribution is 2.53. The lowest BCUT2D eigenvalue weighted by Crippen LogP contribution is -2.63. The van der Waals surface area contributed by atoms with Crippen molar-refractivity contribution in [2.75, 3.05) is 13.2 Å². The van der Waals surface area contributed by atoms with E-state index in [1.54, 1.807) is 13.8 Å². The maximum atomic E-state index is 13.1. The molecule has 0 unspecified atom stereocenters. The van der Waals surface area contributed by atoms with Gasteiger partial charge in [-0.25, -0.2) is 0 Å². The molecule has 0 bridgehead atoms. The van der Waals surface area contributed by atoms with Crippen LogP contribution in [-0.2, 0) is 23.9 Å². The third kappa shape index (κ3) is 4.48. The zero-order chi connectivity index (χ0) is 22.1. The van der Waals surface area contributed by atoms with Crippen LogP contribution in [0.2, 0.25) is 0 Å². The molecule has 0 N–H and O–H groups in total. The van der Waals surface area contributed by atoms with Crippen LogP contribution in [0.4, 0.5) is 0 Å². The number of ether oxygens (including phenoxy) is 2. The van der Waals surface area contributed by atoms with E-state index < -0.39 is 23.0 Å². The van der Waals surface area contributed by atoms with E-state index in [1.807, 2.05) is 13.8 Å². The second-order valence-corrected chi connectivity index (χ2v) is 10.3. The average molecular weight is 412 g/mol. The summed E-state index contributed by atoms with van der Waals surface area (Å²) in [7, 11) is 0. The first-order valence-electron chi connectivity index (χ1n) is 11.2. The van der Waals surface area contributed by atoms with Gasteiger partial charge in [0.1, 0.15) is 0 Å². The Balaban J connectivity index is 2.42. The van der Waals surface area contributed by atoms with Crippen molar-refractivity contribution in [2.24, 2.45) is 11.3 Å². The van der Waals surface area contributed by atoms with Crippen molar-refractivity contribution in [2.45, 2.75) is 111 Å². The molecule has 1 saturated carbocycles. The Morgan fingerprint density at radius 2 is 1.38 bits per heavy atom. The predicted molar refractivity (Wildman–Crippen MR) is 112 cm³/mol. The van der Waals surface area contributed by atoms with Crippen LogP contribution >= 0.6 is 0 Å². The zero-order valence-electron chi connectivity index (χ0n) is 19.7. The summed E-state index contributed by atoms with van der Waals surface area (Å²) in [6.45, 7) is 16.8. The molecule has 2 aliphatic rings. The fourth-order valence-corrected chi connectivity index (χ4v) is 5.56. The fourth-order valence-electron chi connectivity index (χ4n) is 5.56. The summed E-state index contributed by atoms with van der Waals surface area (Å²) in [6, 6.07) is 0. The number of nitrogens with zero attached hydrogens (tertiary/aromatic N) is 1. The molecule has 1 atom stereocenters. The molecule has 6 heteroatoms. The maximum Gasteiger partial charge on any atom is 0.323 e. The molecule has 0 aromatic carbocycles. The first kappa shape index (κ1) is 24.1. The van der Waals surface area contributed by atoms with Gasteiger partial charge in [0.2, 0.25) is 0 Å². The van der Waals surface area contributed by atoms with Gasteiger partial charge in [-0.2, -0.15) is 5.06 Å². The first-order chi connectivity index (χ1) is 13.3. The Hall–Kier alpha value is -1.14. The Bertz CT molecular complexity index is 576. The smallest absolute Gasteiger partial charge is 0.323 e. The fraction of sp³-hybridized carbons (Fsp3) is 0.913. The number of esters is 2. The van der Waals surface area contributed by atoms with Gasteiger partial charge in [-0.3, -0.25) is 14.4 Å². The summed E-state index contributed by atoms with van der Waals surface area (Å²) >= 11 is 0. The zero-order valence-corrected chi connectivity index (χ0v) is 19.7. The molecule has 1 heterocycles. The lowest BCUT2D eigenvalue weighted by atomic mass is 9.70. The van der Waals surface area contributed by atoms with Crippen LogP contribution in [0.25, 0.3) is 0 Å². The predicted octanol–water partition coefficient (Wildman–Crippen LogP) is 4.65. The van der Waals surface area contributed by atoms with Crippen molar-refractivity contribution < 1.29 is 23.9 Å². The van der Waals surface area contributed by atoms with E-state index in [-0.39, 0.29) is 30.2 Å². The van der Waals surface area contributed by atoms with Crippen molar-refractivity contribution in [3.8, 4) is 0 Å². The van der Waals surface area contributed by atoms with Crippen molar-refractivity contribution in [1.82, 2.24) is 5.06 Å². The number of hydrogen-bond acceptors (Lipinski definition) is 6. The average Bonchev–Trinajstić information content (AvgIpc) is 3.06. The number of hydroxylamine groups is 2. The topological polar surface area (TPSA) is 65.1 Å². The van der Waals surface area contributed by atoms with Crippen LogP contribution < -0.4 is 0 Å². The molecule has 1 saturated heterocycles. The van der Waals surface area contributed by atoms with E-state index in [2.05, 4.69) is 32.8 Å². The van der Waals surface area contributed by atoms with E-state index >= 15 is 0 Å². The SMILES string of the molecule is CCOC(=O)C1(C(=O)OCC)CCC[C@@H]1C(C)(C)ON1C(C)(C)CCCC1(C)C. The summed E-state index contributed by atoms with van der Waals surface area (Å²) in [5.74, 6) is -1.27. The summed E-state index contributed by atoms with van der Waals surface area (Å²) < 4.78 is 10.8. The number of hydrogen-bond donors (Lipinski definition) is 0. The summed E-state index contributed by atoms with van der Waals surface area (Å²) in [4.78, 5) is 32.9. The highest BCUT2D eigenvalue weighted by atomic mass is 16.7. The number of carbonyl (C=O) groups excluding carboxylic acids is 2. The molecule has 0 radical (unpaired) electrons. The van der Waals surface area contributed by atoms with Crippen LogP contribution in [0.3, 0.4) is 0 Å². The molecule has 6 nitrogen and oxygen atoms in total. The minimum atomic E-state index is -1.31. The standard InChI is InChI=1S/C23H41NO5/c1-9-27-18(25)23(19(26)28-10-2)16-11-13-17(23)22(7,8)29-24-20(3,4)14-12-15-21(24,5)6/h17H,9-16H2,1-8H3/t17-/m1/s1. The molecule has 0 aromatic heterocycles. The second kappa shape index (κ2) is 8.54. The molecule has 29 heavy (non-hydrogen) atoms. The summed E-state index contributed by atoms with van der Waals surface area (Å²) in [5.41, 5.74) is -2.30. The molecule has 0 spiro atoms. The van der Waals surface area contributed by atoms with Gasteiger partial charge in [0, 0.05) is 17.0 Å².